The van der Waals surface area contributed by atoms with Crippen LogP contribution >= 0.6 is 0 Å². The molecule has 2 atom stereocenters. The first kappa shape index (κ1) is 16.7. The second-order valence-electron chi connectivity index (χ2n) is 6.06. The summed E-state index contributed by atoms with van der Waals surface area (Å²) in [5, 5.41) is 0. The third-order valence-corrected chi connectivity index (χ3v) is 3.94. The number of carbonyl (C=O) groups excluding carboxylic acids is 2. The van der Waals surface area contributed by atoms with E-state index in [0.29, 0.717) is 12.8 Å². The second-order valence-corrected chi connectivity index (χ2v) is 6.06. The Hall–Kier alpha value is -1.38. The molecule has 0 aromatic carbocycles. The summed E-state index contributed by atoms with van der Waals surface area (Å²) in [7, 11) is 0. The lowest BCUT2D eigenvalue weighted by molar-refractivity contribution is -0.151. The highest BCUT2D eigenvalue weighted by Gasteiger charge is 2.33. The molecular weight excluding hydrogens is 252 g/mol. The summed E-state index contributed by atoms with van der Waals surface area (Å²) in [6, 6.07) is 0. The minimum absolute atomic E-state index is 0.154. The summed E-state index contributed by atoms with van der Waals surface area (Å²) in [5.74, 6) is 0.183. The van der Waals surface area contributed by atoms with E-state index >= 15 is 0 Å². The van der Waals surface area contributed by atoms with Gasteiger partial charge in [-0.1, -0.05) is 25.0 Å². The summed E-state index contributed by atoms with van der Waals surface area (Å²) in [4.78, 5) is 24.0. The number of carbonyl (C=O) groups is 2. The number of hydrogen-bond donors (Lipinski definition) is 0. The van der Waals surface area contributed by atoms with E-state index in [2.05, 4.69) is 6.92 Å². The summed E-state index contributed by atoms with van der Waals surface area (Å²) < 4.78 is 5.56. The average molecular weight is 278 g/mol. The second kappa shape index (κ2) is 6.87. The van der Waals surface area contributed by atoms with Crippen LogP contribution in [0, 0.1) is 5.92 Å². The molecule has 20 heavy (non-hydrogen) atoms. The molecule has 0 aliphatic carbocycles. The van der Waals surface area contributed by atoms with Crippen LogP contribution < -0.4 is 0 Å². The molecule has 0 aromatic heterocycles. The van der Waals surface area contributed by atoms with E-state index in [1.807, 2.05) is 34.6 Å². The molecule has 1 aliphatic rings. The quantitative estimate of drug-likeness (QED) is 0.577. The van der Waals surface area contributed by atoms with Crippen LogP contribution in [0.1, 0.15) is 60.8 Å². The van der Waals surface area contributed by atoms with E-state index in [1.165, 1.54) is 0 Å². The van der Waals surface area contributed by atoms with Gasteiger partial charge in [0, 0.05) is 18.4 Å². The number of esters is 1. The number of ketones is 1. The molecule has 1 aliphatic heterocycles. The maximum Gasteiger partial charge on any atom is 0.334 e. The minimum Gasteiger partial charge on any atom is -0.458 e. The molecule has 0 amide bonds. The molecule has 2 unspecified atom stereocenters. The zero-order chi connectivity index (χ0) is 15.4. The number of ether oxygens (including phenoxy) is 1. The number of Topliss-reactive ketones (excluding diaryl/α,β-unsaturated/α-hetero) is 1. The molecule has 0 N–H and O–H groups in total. The normalized spacial score (nSPS) is 22.3. The number of cyclic esters (lactones) is 1. The van der Waals surface area contributed by atoms with Crippen LogP contribution in [-0.2, 0) is 14.3 Å². The molecule has 0 saturated carbocycles. The molecule has 0 aromatic rings. The van der Waals surface area contributed by atoms with E-state index in [0.717, 1.165) is 28.7 Å². The fraction of sp³-hybridized carbons (Fsp3) is 0.647. The largest absolute Gasteiger partial charge is 0.458 e. The van der Waals surface area contributed by atoms with Gasteiger partial charge in [-0.2, -0.15) is 0 Å². The average Bonchev–Trinajstić information content (AvgIpc) is 2.37. The molecule has 3 nitrogen and oxygen atoms in total. The van der Waals surface area contributed by atoms with E-state index in [9.17, 15) is 9.59 Å². The highest BCUT2D eigenvalue weighted by atomic mass is 16.5. The van der Waals surface area contributed by atoms with Crippen molar-refractivity contribution in [2.75, 3.05) is 0 Å². The van der Waals surface area contributed by atoms with E-state index < -0.39 is 0 Å². The highest BCUT2D eigenvalue weighted by molar-refractivity contribution is 5.96. The lowest BCUT2D eigenvalue weighted by Crippen LogP contribution is -2.34. The van der Waals surface area contributed by atoms with Crippen LogP contribution in [0.5, 0.6) is 0 Å². The van der Waals surface area contributed by atoms with Gasteiger partial charge in [0.05, 0.1) is 0 Å². The Kier molecular flexibility index (Phi) is 5.73. The van der Waals surface area contributed by atoms with Gasteiger partial charge >= 0.3 is 5.97 Å². The van der Waals surface area contributed by atoms with Gasteiger partial charge in [0.2, 0.25) is 0 Å². The highest BCUT2D eigenvalue weighted by Crippen LogP contribution is 2.31. The number of hydrogen-bond acceptors (Lipinski definition) is 3. The topological polar surface area (TPSA) is 43.4 Å². The van der Waals surface area contributed by atoms with Crippen molar-refractivity contribution in [2.45, 2.75) is 66.9 Å². The van der Waals surface area contributed by atoms with Crippen LogP contribution in [0.2, 0.25) is 0 Å². The Morgan fingerprint density at radius 3 is 2.30 bits per heavy atom. The number of rotatable bonds is 4. The van der Waals surface area contributed by atoms with Gasteiger partial charge in [0.15, 0.2) is 5.78 Å². The zero-order valence-electron chi connectivity index (χ0n) is 13.5. The van der Waals surface area contributed by atoms with Gasteiger partial charge in [-0.3, -0.25) is 4.79 Å². The predicted octanol–water partition coefficient (Wildman–Crippen LogP) is 3.98. The molecule has 1 heterocycles. The van der Waals surface area contributed by atoms with Crippen LogP contribution in [0.15, 0.2) is 22.3 Å². The van der Waals surface area contributed by atoms with Crippen LogP contribution in [-0.4, -0.2) is 17.9 Å². The van der Waals surface area contributed by atoms with Crippen molar-refractivity contribution in [3.8, 4) is 0 Å². The van der Waals surface area contributed by atoms with E-state index in [-0.39, 0.29) is 23.8 Å². The molecular formula is C17H26O3. The number of allylic oxidation sites excluding steroid dienone is 2. The standard InChI is InChI=1S/C17H26O3/c1-7-15(18)13(10(2)3)9-16-12(6)8-14(11(4)5)17(19)20-16/h12,16H,7-9H2,1-6H3. The van der Waals surface area contributed by atoms with Crippen LogP contribution in [0.25, 0.3) is 0 Å². The fourth-order valence-electron chi connectivity index (χ4n) is 2.52. The summed E-state index contributed by atoms with van der Waals surface area (Å²) in [6.07, 6.45) is 1.58. The molecule has 112 valence electrons. The molecule has 0 radical (unpaired) electrons. The first-order chi connectivity index (χ1) is 9.27. The Balaban J connectivity index is 2.90. The smallest absolute Gasteiger partial charge is 0.334 e. The van der Waals surface area contributed by atoms with Crippen LogP contribution in [0.3, 0.4) is 0 Å². The molecule has 3 heteroatoms. The van der Waals surface area contributed by atoms with Gasteiger partial charge < -0.3 is 4.74 Å². The first-order valence-electron chi connectivity index (χ1n) is 7.34. The third-order valence-electron chi connectivity index (χ3n) is 3.94. The maximum absolute atomic E-state index is 12.0. The lowest BCUT2D eigenvalue weighted by atomic mass is 9.85. The Labute approximate surface area is 122 Å². The minimum atomic E-state index is -0.217. The van der Waals surface area contributed by atoms with Gasteiger partial charge in [-0.05, 0) is 45.6 Å². The van der Waals surface area contributed by atoms with Gasteiger partial charge in [0.25, 0.3) is 0 Å². The van der Waals surface area contributed by atoms with Gasteiger partial charge in [-0.25, -0.2) is 4.79 Å². The molecule has 1 rings (SSSR count). The summed E-state index contributed by atoms with van der Waals surface area (Å²) >= 11 is 0. The van der Waals surface area contributed by atoms with Crippen molar-refractivity contribution in [2.24, 2.45) is 5.92 Å². The first-order valence-corrected chi connectivity index (χ1v) is 7.34. The van der Waals surface area contributed by atoms with Crippen molar-refractivity contribution in [1.82, 2.24) is 0 Å². The Bertz CT molecular complexity index is 461. The Morgan fingerprint density at radius 2 is 1.85 bits per heavy atom. The molecule has 1 saturated heterocycles. The van der Waals surface area contributed by atoms with E-state index in [4.69, 9.17) is 4.74 Å². The predicted molar refractivity (Wildman–Crippen MR) is 80.3 cm³/mol. The molecule has 0 bridgehead atoms. The van der Waals surface area contributed by atoms with E-state index in [1.54, 1.807) is 0 Å². The Morgan fingerprint density at radius 1 is 1.25 bits per heavy atom. The zero-order valence-corrected chi connectivity index (χ0v) is 13.5. The fourth-order valence-corrected chi connectivity index (χ4v) is 2.52. The van der Waals surface area contributed by atoms with Crippen molar-refractivity contribution in [3.05, 3.63) is 22.3 Å². The third kappa shape index (κ3) is 3.81. The SMILES string of the molecule is CCC(=O)C(CC1OC(=O)C(=C(C)C)CC1C)=C(C)C. The van der Waals surface area contributed by atoms with Crippen molar-refractivity contribution < 1.29 is 14.3 Å². The van der Waals surface area contributed by atoms with Crippen molar-refractivity contribution in [1.29, 1.82) is 0 Å². The van der Waals surface area contributed by atoms with Crippen LogP contribution in [0.4, 0.5) is 0 Å². The summed E-state index contributed by atoms with van der Waals surface area (Å²) in [6.45, 7) is 11.7. The monoisotopic (exact) mass is 278 g/mol. The lowest BCUT2D eigenvalue weighted by Gasteiger charge is -2.31. The van der Waals surface area contributed by atoms with Gasteiger partial charge in [0.1, 0.15) is 6.10 Å². The van der Waals surface area contributed by atoms with Gasteiger partial charge in [-0.15, -0.1) is 0 Å². The van der Waals surface area contributed by atoms with Crippen molar-refractivity contribution >= 4 is 11.8 Å². The summed E-state index contributed by atoms with van der Waals surface area (Å²) in [5.41, 5.74) is 3.65. The maximum atomic E-state index is 12.0. The molecule has 0 spiro atoms. The van der Waals surface area contributed by atoms with Crippen molar-refractivity contribution in [3.63, 3.8) is 0 Å². The molecule has 1 fully saturated rings.